The van der Waals surface area contributed by atoms with E-state index in [1.165, 1.54) is 12.1 Å². The van der Waals surface area contributed by atoms with E-state index in [9.17, 15) is 8.78 Å². The van der Waals surface area contributed by atoms with Crippen LogP contribution in [0.15, 0.2) is 12.1 Å². The summed E-state index contributed by atoms with van der Waals surface area (Å²) in [4.78, 5) is 0. The van der Waals surface area contributed by atoms with Crippen LogP contribution in [0.5, 0.6) is 5.75 Å². The van der Waals surface area contributed by atoms with E-state index < -0.39 is 11.6 Å². The van der Waals surface area contributed by atoms with Crippen LogP contribution in [-0.4, -0.2) is 6.61 Å². The summed E-state index contributed by atoms with van der Waals surface area (Å²) >= 11 is 3.14. The number of rotatable bonds is 5. The van der Waals surface area contributed by atoms with Gasteiger partial charge in [0.05, 0.1) is 6.61 Å². The third-order valence-electron chi connectivity index (χ3n) is 1.96. The molecule has 0 heterocycles. The van der Waals surface area contributed by atoms with Crippen molar-refractivity contribution < 1.29 is 13.5 Å². The van der Waals surface area contributed by atoms with Crippen LogP contribution in [0.2, 0.25) is 0 Å². The molecule has 0 unspecified atom stereocenters. The molecular weight excluding hydrogens is 266 g/mol. The monoisotopic (exact) mass is 278 g/mol. The Labute approximate surface area is 96.6 Å². The largest absolute Gasteiger partial charge is 0.488 e. The van der Waals surface area contributed by atoms with Gasteiger partial charge in [-0.15, -0.1) is 0 Å². The molecule has 1 aromatic rings. The summed E-state index contributed by atoms with van der Waals surface area (Å²) in [6.07, 6.45) is 1.72. The maximum absolute atomic E-state index is 13.3. The Bertz CT molecular complexity index is 305. The van der Waals surface area contributed by atoms with Crippen molar-refractivity contribution in [3.63, 3.8) is 0 Å². The first-order valence-electron chi connectivity index (χ1n) is 4.85. The van der Waals surface area contributed by atoms with E-state index in [4.69, 9.17) is 4.74 Å². The molecule has 0 aliphatic rings. The maximum atomic E-state index is 13.3. The van der Waals surface area contributed by atoms with E-state index in [1.54, 1.807) is 0 Å². The fraction of sp³-hybridized carbons (Fsp3) is 0.455. The molecule has 0 saturated heterocycles. The summed E-state index contributed by atoms with van der Waals surface area (Å²) in [5.41, 5.74) is 0.563. The molecule has 1 aromatic carbocycles. The van der Waals surface area contributed by atoms with Gasteiger partial charge in [0.15, 0.2) is 17.4 Å². The number of halogens is 3. The van der Waals surface area contributed by atoms with Crippen LogP contribution >= 0.6 is 15.9 Å². The van der Waals surface area contributed by atoms with Crippen LogP contribution in [0.3, 0.4) is 0 Å². The highest BCUT2D eigenvalue weighted by Crippen LogP contribution is 2.24. The van der Waals surface area contributed by atoms with Crippen LogP contribution in [0.4, 0.5) is 8.78 Å². The van der Waals surface area contributed by atoms with Crippen LogP contribution in [-0.2, 0) is 5.33 Å². The van der Waals surface area contributed by atoms with Crippen LogP contribution < -0.4 is 4.74 Å². The molecule has 1 nitrogen and oxygen atoms in total. The molecule has 4 heteroatoms. The van der Waals surface area contributed by atoms with Crippen molar-refractivity contribution in [3.8, 4) is 5.75 Å². The molecule has 0 fully saturated rings. The summed E-state index contributed by atoms with van der Waals surface area (Å²) < 4.78 is 31.7. The van der Waals surface area contributed by atoms with Crippen LogP contribution in [0.25, 0.3) is 0 Å². The van der Waals surface area contributed by atoms with Gasteiger partial charge in [-0.1, -0.05) is 29.3 Å². The lowest BCUT2D eigenvalue weighted by Crippen LogP contribution is -2.01. The van der Waals surface area contributed by atoms with Crippen molar-refractivity contribution in [2.24, 2.45) is 0 Å². The fourth-order valence-electron chi connectivity index (χ4n) is 1.15. The van der Waals surface area contributed by atoms with Gasteiger partial charge in [0, 0.05) is 5.33 Å². The van der Waals surface area contributed by atoms with Gasteiger partial charge in [0.2, 0.25) is 0 Å². The minimum atomic E-state index is -0.638. The lowest BCUT2D eigenvalue weighted by atomic mass is 10.2. The molecule has 0 spiro atoms. The highest BCUT2D eigenvalue weighted by molar-refractivity contribution is 9.08. The molecule has 0 amide bonds. The smallest absolute Gasteiger partial charge is 0.190 e. The predicted molar refractivity (Wildman–Crippen MR) is 59.4 cm³/mol. The van der Waals surface area contributed by atoms with Crippen molar-refractivity contribution in [1.29, 1.82) is 0 Å². The quantitative estimate of drug-likeness (QED) is 0.584. The Morgan fingerprint density at radius 2 is 1.87 bits per heavy atom. The number of hydrogen-bond acceptors (Lipinski definition) is 1. The fourth-order valence-corrected chi connectivity index (χ4v) is 1.47. The lowest BCUT2D eigenvalue weighted by Gasteiger charge is -2.08. The summed E-state index contributed by atoms with van der Waals surface area (Å²) in [5.74, 6) is -1.55. The average Bonchev–Trinajstić information content (AvgIpc) is 2.22. The second-order valence-corrected chi connectivity index (χ2v) is 3.78. The Morgan fingerprint density at radius 3 is 2.33 bits per heavy atom. The van der Waals surface area contributed by atoms with E-state index in [-0.39, 0.29) is 5.75 Å². The van der Waals surface area contributed by atoms with Gasteiger partial charge in [-0.05, 0) is 24.1 Å². The maximum Gasteiger partial charge on any atom is 0.190 e. The molecule has 0 aromatic heterocycles. The van der Waals surface area contributed by atoms with E-state index in [2.05, 4.69) is 15.9 Å². The predicted octanol–water partition coefficient (Wildman–Crippen LogP) is 4.04. The molecule has 15 heavy (non-hydrogen) atoms. The first kappa shape index (κ1) is 12.4. The second-order valence-electron chi connectivity index (χ2n) is 3.22. The molecule has 0 radical (unpaired) electrons. The molecular formula is C11H13BrF2O. The Hall–Kier alpha value is -0.640. The third-order valence-corrected chi connectivity index (χ3v) is 2.60. The SMILES string of the molecule is CCCCOc1c(F)cc(CBr)cc1F. The van der Waals surface area contributed by atoms with E-state index >= 15 is 0 Å². The van der Waals surface area contributed by atoms with Crippen molar-refractivity contribution in [1.82, 2.24) is 0 Å². The van der Waals surface area contributed by atoms with Crippen LogP contribution in [0, 0.1) is 11.6 Å². The first-order valence-corrected chi connectivity index (χ1v) is 5.97. The van der Waals surface area contributed by atoms with Crippen molar-refractivity contribution in [2.45, 2.75) is 25.1 Å². The van der Waals surface area contributed by atoms with E-state index in [0.29, 0.717) is 17.5 Å². The average molecular weight is 279 g/mol. The molecule has 0 atom stereocenters. The normalized spacial score (nSPS) is 10.4. The van der Waals surface area contributed by atoms with Crippen molar-refractivity contribution in [2.75, 3.05) is 6.61 Å². The second kappa shape index (κ2) is 6.05. The van der Waals surface area contributed by atoms with Gasteiger partial charge < -0.3 is 4.74 Å². The zero-order valence-corrected chi connectivity index (χ0v) is 10.1. The van der Waals surface area contributed by atoms with E-state index in [1.807, 2.05) is 6.92 Å². The van der Waals surface area contributed by atoms with Gasteiger partial charge in [-0.3, -0.25) is 0 Å². The van der Waals surface area contributed by atoms with Gasteiger partial charge in [-0.2, -0.15) is 0 Å². The number of unbranched alkanes of at least 4 members (excludes halogenated alkanes) is 1. The molecule has 0 aliphatic heterocycles. The highest BCUT2D eigenvalue weighted by atomic mass is 79.9. The Kier molecular flexibility index (Phi) is 5.02. The number of hydrogen-bond donors (Lipinski definition) is 0. The summed E-state index contributed by atoms with van der Waals surface area (Å²) in [7, 11) is 0. The first-order chi connectivity index (χ1) is 7.19. The minimum absolute atomic E-state index is 0.270. The van der Waals surface area contributed by atoms with Gasteiger partial charge in [0.25, 0.3) is 0 Å². The highest BCUT2D eigenvalue weighted by Gasteiger charge is 2.11. The summed E-state index contributed by atoms with van der Waals surface area (Å²) in [6, 6.07) is 2.55. The number of ether oxygens (including phenoxy) is 1. The van der Waals surface area contributed by atoms with Gasteiger partial charge in [0.1, 0.15) is 0 Å². The number of benzene rings is 1. The number of alkyl halides is 1. The zero-order chi connectivity index (χ0) is 11.3. The molecule has 84 valence electrons. The van der Waals surface area contributed by atoms with Crippen molar-refractivity contribution >= 4 is 15.9 Å². The molecule has 0 saturated carbocycles. The Balaban J connectivity index is 2.79. The lowest BCUT2D eigenvalue weighted by molar-refractivity contribution is 0.278. The summed E-state index contributed by atoms with van der Waals surface area (Å²) in [6.45, 7) is 2.34. The molecule has 0 aliphatic carbocycles. The topological polar surface area (TPSA) is 9.23 Å². The molecule has 0 bridgehead atoms. The third kappa shape index (κ3) is 3.45. The molecule has 1 rings (SSSR count). The van der Waals surface area contributed by atoms with Crippen molar-refractivity contribution in [3.05, 3.63) is 29.3 Å². The standard InChI is InChI=1S/C11H13BrF2O/c1-2-3-4-15-11-9(13)5-8(7-12)6-10(11)14/h5-6H,2-4,7H2,1H3. The summed E-state index contributed by atoms with van der Waals surface area (Å²) in [5, 5.41) is 0.427. The van der Waals surface area contributed by atoms with E-state index in [0.717, 1.165) is 12.8 Å². The van der Waals surface area contributed by atoms with Crippen LogP contribution in [0.1, 0.15) is 25.3 Å². The van der Waals surface area contributed by atoms with Gasteiger partial charge >= 0.3 is 0 Å². The zero-order valence-electron chi connectivity index (χ0n) is 8.53. The Morgan fingerprint density at radius 1 is 1.27 bits per heavy atom. The van der Waals surface area contributed by atoms with Gasteiger partial charge in [-0.25, -0.2) is 8.78 Å². The molecule has 0 N–H and O–H groups in total. The minimum Gasteiger partial charge on any atom is -0.488 e.